The highest BCUT2D eigenvalue weighted by molar-refractivity contribution is 6.39. The highest BCUT2D eigenvalue weighted by atomic mass is 14.4. The van der Waals surface area contributed by atoms with Gasteiger partial charge in [0.1, 0.15) is 35.4 Å². The van der Waals surface area contributed by atoms with Crippen LogP contribution in [0.3, 0.4) is 0 Å². The van der Waals surface area contributed by atoms with Crippen LogP contribution in [-0.2, 0) is 0 Å². The highest BCUT2D eigenvalue weighted by Crippen LogP contribution is 2.61. The van der Waals surface area contributed by atoms with Crippen LogP contribution in [0, 0.1) is 68.0 Å². The Morgan fingerprint density at radius 1 is 0.405 bits per heavy atom. The molecule has 0 radical (unpaired) electrons. The van der Waals surface area contributed by atoms with Crippen molar-refractivity contribution in [1.29, 1.82) is 31.6 Å². The molecule has 0 heterocycles. The van der Waals surface area contributed by atoms with Crippen LogP contribution < -0.4 is 0 Å². The molecule has 0 bridgehead atoms. The van der Waals surface area contributed by atoms with Crippen molar-refractivity contribution in [3.05, 3.63) is 129 Å². The second kappa shape index (κ2) is 9.97. The van der Waals surface area contributed by atoms with Crippen LogP contribution in [0.2, 0.25) is 0 Å². The van der Waals surface area contributed by atoms with Gasteiger partial charge in [0.25, 0.3) is 0 Å². The molecule has 0 fully saturated rings. The van der Waals surface area contributed by atoms with Crippen LogP contribution in [-0.4, -0.2) is 0 Å². The van der Waals surface area contributed by atoms with E-state index in [-0.39, 0.29) is 11.1 Å². The largest absolute Gasteiger partial charge is 0.192 e. The van der Waals surface area contributed by atoms with Crippen LogP contribution in [0.25, 0.3) is 44.5 Å². The monoisotopic (exact) mass is 530 g/mol. The number of hydrogen-bond acceptors (Lipinski definition) is 6. The first-order valence-electron chi connectivity index (χ1n) is 12.7. The Morgan fingerprint density at radius 2 is 0.738 bits per heavy atom. The van der Waals surface area contributed by atoms with Crippen LogP contribution in [0.1, 0.15) is 33.4 Å². The van der Waals surface area contributed by atoms with Gasteiger partial charge in [-0.15, -0.1) is 0 Å². The van der Waals surface area contributed by atoms with E-state index in [4.69, 9.17) is 0 Å². The molecule has 6 rings (SSSR count). The Labute approximate surface area is 241 Å². The summed E-state index contributed by atoms with van der Waals surface area (Å²) in [5, 5.41) is 59.1. The molecular weight excluding hydrogens is 516 g/mol. The average Bonchev–Trinajstić information content (AvgIpc) is 3.56. The zero-order valence-electron chi connectivity index (χ0n) is 21.8. The third kappa shape index (κ3) is 3.60. The molecule has 188 valence electrons. The van der Waals surface area contributed by atoms with Gasteiger partial charge in [0.15, 0.2) is 0 Å². The topological polar surface area (TPSA) is 143 Å². The summed E-state index contributed by atoms with van der Waals surface area (Å²) in [5.41, 5.74) is 8.74. The van der Waals surface area contributed by atoms with E-state index in [1.54, 1.807) is 24.3 Å². The van der Waals surface area contributed by atoms with Crippen molar-refractivity contribution in [2.45, 2.75) is 0 Å². The summed E-state index contributed by atoms with van der Waals surface area (Å²) in [5.74, 6) is 0. The van der Waals surface area contributed by atoms with Gasteiger partial charge in [-0.05, 0) is 57.6 Å². The third-order valence-corrected chi connectivity index (χ3v) is 7.51. The third-order valence-electron chi connectivity index (χ3n) is 7.51. The molecule has 2 aliphatic carbocycles. The van der Waals surface area contributed by atoms with E-state index in [2.05, 4.69) is 36.4 Å². The Hall–Kier alpha value is -6.96. The minimum absolute atomic E-state index is 0.0891. The van der Waals surface area contributed by atoms with Gasteiger partial charge >= 0.3 is 0 Å². The molecule has 0 amide bonds. The SMILES string of the molecule is N#CC(C#N)=C1C2=C(C(=C(C#N)C#N)c3c2cccc3-c2ccc(C#N)cc2)c2cccc(-c3ccc(C#N)cc3)c21. The predicted molar refractivity (Wildman–Crippen MR) is 156 cm³/mol. The summed E-state index contributed by atoms with van der Waals surface area (Å²) < 4.78 is 0. The normalized spacial score (nSPS) is 12.0. The quantitative estimate of drug-likeness (QED) is 0.249. The molecule has 0 atom stereocenters. The summed E-state index contributed by atoms with van der Waals surface area (Å²) in [6.07, 6.45) is 0. The van der Waals surface area contributed by atoms with Crippen LogP contribution in [0.4, 0.5) is 0 Å². The number of nitrogens with zero attached hydrogens (tertiary/aromatic N) is 6. The van der Waals surface area contributed by atoms with E-state index in [1.165, 1.54) is 0 Å². The van der Waals surface area contributed by atoms with E-state index in [1.807, 2.05) is 60.7 Å². The van der Waals surface area contributed by atoms with Crippen LogP contribution in [0.15, 0.2) is 96.1 Å². The van der Waals surface area contributed by atoms with Gasteiger partial charge in [0.05, 0.1) is 23.3 Å². The van der Waals surface area contributed by atoms with Gasteiger partial charge in [-0.25, -0.2) is 0 Å². The van der Waals surface area contributed by atoms with E-state index >= 15 is 0 Å². The molecule has 6 nitrogen and oxygen atoms in total. The zero-order chi connectivity index (χ0) is 29.4. The Balaban J connectivity index is 1.73. The Kier molecular flexibility index (Phi) is 6.01. The highest BCUT2D eigenvalue weighted by Gasteiger charge is 2.42. The molecule has 0 N–H and O–H groups in total. The van der Waals surface area contributed by atoms with E-state index in [0.717, 1.165) is 22.3 Å². The molecule has 0 saturated heterocycles. The van der Waals surface area contributed by atoms with Gasteiger partial charge in [-0.1, -0.05) is 60.7 Å². The Bertz CT molecular complexity index is 2030. The number of nitriles is 6. The van der Waals surface area contributed by atoms with Gasteiger partial charge in [-0.2, -0.15) is 31.6 Å². The number of benzene rings is 4. The second-order valence-electron chi connectivity index (χ2n) is 9.53. The number of hydrogen-bond donors (Lipinski definition) is 0. The zero-order valence-corrected chi connectivity index (χ0v) is 21.8. The van der Waals surface area contributed by atoms with Crippen molar-refractivity contribution >= 4 is 22.3 Å². The Morgan fingerprint density at radius 3 is 1.05 bits per heavy atom. The lowest BCUT2D eigenvalue weighted by atomic mass is 9.83. The molecule has 0 unspecified atom stereocenters. The maximum Gasteiger partial charge on any atom is 0.138 e. The minimum atomic E-state index is -0.0891. The summed E-state index contributed by atoms with van der Waals surface area (Å²) in [7, 11) is 0. The van der Waals surface area contributed by atoms with Gasteiger partial charge in [-0.3, -0.25) is 0 Å². The lowest BCUT2D eigenvalue weighted by Crippen LogP contribution is -1.99. The first-order chi connectivity index (χ1) is 20.6. The van der Waals surface area contributed by atoms with Gasteiger partial charge in [0.2, 0.25) is 0 Å². The molecule has 0 aliphatic heterocycles. The molecule has 42 heavy (non-hydrogen) atoms. The molecule has 0 saturated carbocycles. The lowest BCUT2D eigenvalue weighted by molar-refractivity contribution is 1.44. The smallest absolute Gasteiger partial charge is 0.138 e. The van der Waals surface area contributed by atoms with Crippen molar-refractivity contribution in [3.63, 3.8) is 0 Å². The van der Waals surface area contributed by atoms with Gasteiger partial charge < -0.3 is 0 Å². The van der Waals surface area contributed by atoms with E-state index in [9.17, 15) is 31.6 Å². The van der Waals surface area contributed by atoms with Crippen LogP contribution >= 0.6 is 0 Å². The summed E-state index contributed by atoms with van der Waals surface area (Å²) >= 11 is 0. The number of fused-ring (bicyclic) bond motifs is 4. The molecule has 0 spiro atoms. The van der Waals surface area contributed by atoms with E-state index < -0.39 is 0 Å². The number of allylic oxidation sites excluding steroid dienone is 6. The first-order valence-corrected chi connectivity index (χ1v) is 12.7. The minimum Gasteiger partial charge on any atom is -0.192 e. The van der Waals surface area contributed by atoms with Gasteiger partial charge in [0, 0.05) is 33.4 Å². The maximum atomic E-state index is 10.1. The predicted octanol–water partition coefficient (Wildman–Crippen LogP) is 7.30. The number of rotatable bonds is 2. The standard InChI is InChI=1S/C36H14N6/c37-15-21-7-11-23(12-8-21)27-3-1-5-29-33(27)31(25(17-39)18-40)36-30-6-2-4-28(24-13-9-22(16-38)10-14-24)34(30)32(35(29)36)26(19-41)20-42/h1-14H. The van der Waals surface area contributed by atoms with Crippen molar-refractivity contribution in [3.8, 4) is 58.7 Å². The van der Waals surface area contributed by atoms with Crippen molar-refractivity contribution in [2.24, 2.45) is 0 Å². The van der Waals surface area contributed by atoms with E-state index in [0.29, 0.717) is 55.7 Å². The van der Waals surface area contributed by atoms with Crippen LogP contribution in [0.5, 0.6) is 0 Å². The van der Waals surface area contributed by atoms with Crippen molar-refractivity contribution in [2.75, 3.05) is 0 Å². The summed E-state index contributed by atoms with van der Waals surface area (Å²) in [6, 6.07) is 37.9. The summed E-state index contributed by atoms with van der Waals surface area (Å²) in [4.78, 5) is 0. The first kappa shape index (κ1) is 25.3. The van der Waals surface area contributed by atoms with Crippen molar-refractivity contribution in [1.82, 2.24) is 0 Å². The van der Waals surface area contributed by atoms with Crippen molar-refractivity contribution < 1.29 is 0 Å². The maximum absolute atomic E-state index is 10.1. The molecule has 0 aromatic heterocycles. The molecule has 2 aliphatic rings. The summed E-state index contributed by atoms with van der Waals surface area (Å²) in [6.45, 7) is 0. The lowest BCUT2D eigenvalue weighted by Gasteiger charge is -2.18. The fourth-order valence-corrected chi connectivity index (χ4v) is 5.80. The average molecular weight is 531 g/mol. The fraction of sp³-hybridized carbons (Fsp3) is 0. The molecular formula is C36H14N6. The molecule has 4 aromatic rings. The fourth-order valence-electron chi connectivity index (χ4n) is 5.80. The second-order valence-corrected chi connectivity index (χ2v) is 9.53. The molecule has 6 heteroatoms. The molecule has 4 aromatic carbocycles.